The van der Waals surface area contributed by atoms with Gasteiger partial charge in [-0.2, -0.15) is 0 Å². The van der Waals surface area contributed by atoms with Crippen LogP contribution in [0.5, 0.6) is 5.75 Å². The van der Waals surface area contributed by atoms with Gasteiger partial charge in [-0.1, -0.05) is 60.7 Å². The number of piperazine rings is 1. The third-order valence-corrected chi connectivity index (χ3v) is 7.33. The second-order valence-corrected chi connectivity index (χ2v) is 9.41. The number of hydrogen-bond donors (Lipinski definition) is 2. The molecule has 2 aliphatic rings. The van der Waals surface area contributed by atoms with Gasteiger partial charge in [0.25, 0.3) is 0 Å². The van der Waals surface area contributed by atoms with E-state index >= 15 is 0 Å². The number of fused-ring (bicyclic) bond motifs is 4. The average molecular weight is 482 g/mol. The van der Waals surface area contributed by atoms with Crippen LogP contribution in [0.4, 0.5) is 0 Å². The largest absolute Gasteiger partial charge is 0.497 e. The van der Waals surface area contributed by atoms with Crippen molar-refractivity contribution < 1.29 is 19.4 Å². The van der Waals surface area contributed by atoms with Crippen LogP contribution in [0.25, 0.3) is 10.9 Å². The molecule has 3 aromatic carbocycles. The van der Waals surface area contributed by atoms with E-state index in [4.69, 9.17) is 4.74 Å². The van der Waals surface area contributed by atoms with Crippen LogP contribution in [0.3, 0.4) is 0 Å². The Morgan fingerprint density at radius 3 is 2.61 bits per heavy atom. The number of H-pyrrole nitrogens is 1. The van der Waals surface area contributed by atoms with E-state index in [1.165, 1.54) is 4.90 Å². The minimum atomic E-state index is -0.865. The Labute approximate surface area is 208 Å². The van der Waals surface area contributed by atoms with E-state index in [-0.39, 0.29) is 24.9 Å². The summed E-state index contributed by atoms with van der Waals surface area (Å²) in [5.74, 6) is 0.404. The zero-order valence-electron chi connectivity index (χ0n) is 19.9. The molecule has 3 heterocycles. The first-order chi connectivity index (χ1) is 17.5. The molecule has 4 aromatic rings. The van der Waals surface area contributed by atoms with E-state index in [0.717, 1.165) is 33.3 Å². The minimum absolute atomic E-state index is 0.0729. The molecule has 2 N–H and O–H groups in total. The second kappa shape index (κ2) is 8.84. The van der Waals surface area contributed by atoms with Crippen molar-refractivity contribution in [1.82, 2.24) is 14.8 Å². The van der Waals surface area contributed by atoms with Gasteiger partial charge in [-0.25, -0.2) is 0 Å². The lowest BCUT2D eigenvalue weighted by Gasteiger charge is -2.47. The number of β-amino-alcohol motifs (C(OH)–C–C–N with tert-alkyl or cyclic N) is 1. The normalized spacial score (nSPS) is 20.3. The summed E-state index contributed by atoms with van der Waals surface area (Å²) < 4.78 is 5.46. The fourth-order valence-electron chi connectivity index (χ4n) is 5.63. The van der Waals surface area contributed by atoms with Crippen molar-refractivity contribution in [1.29, 1.82) is 0 Å². The summed E-state index contributed by atoms with van der Waals surface area (Å²) in [6.45, 7) is -0.00124. The highest BCUT2D eigenvalue weighted by Crippen LogP contribution is 2.43. The lowest BCUT2D eigenvalue weighted by atomic mass is 9.86. The van der Waals surface area contributed by atoms with E-state index in [2.05, 4.69) is 11.1 Å². The van der Waals surface area contributed by atoms with Crippen molar-refractivity contribution >= 4 is 22.7 Å². The third kappa shape index (κ3) is 3.63. The van der Waals surface area contributed by atoms with E-state index in [1.54, 1.807) is 12.0 Å². The van der Waals surface area contributed by atoms with Gasteiger partial charge in [0, 0.05) is 23.0 Å². The zero-order chi connectivity index (χ0) is 24.8. The van der Waals surface area contributed by atoms with E-state index < -0.39 is 18.2 Å². The smallest absolute Gasteiger partial charge is 0.246 e. The maximum atomic E-state index is 13.8. The Morgan fingerprint density at radius 2 is 1.81 bits per heavy atom. The third-order valence-electron chi connectivity index (χ3n) is 7.33. The summed E-state index contributed by atoms with van der Waals surface area (Å²) in [7, 11) is 1.61. The molecule has 0 saturated carbocycles. The summed E-state index contributed by atoms with van der Waals surface area (Å²) >= 11 is 0. The summed E-state index contributed by atoms with van der Waals surface area (Å²) in [6, 6.07) is 23.8. The Kier molecular flexibility index (Phi) is 5.49. The molecule has 0 spiro atoms. The van der Waals surface area contributed by atoms with E-state index in [9.17, 15) is 14.7 Å². The number of nitrogens with zero attached hydrogens (tertiary/aromatic N) is 2. The Hall–Kier alpha value is -4.10. The van der Waals surface area contributed by atoms with Crippen LogP contribution >= 0.6 is 0 Å². The predicted octanol–water partition coefficient (Wildman–Crippen LogP) is 3.60. The average Bonchev–Trinajstić information content (AvgIpc) is 3.29. The van der Waals surface area contributed by atoms with Gasteiger partial charge in [-0.3, -0.25) is 9.59 Å². The minimum Gasteiger partial charge on any atom is -0.497 e. The topological polar surface area (TPSA) is 85.9 Å². The highest BCUT2D eigenvalue weighted by Gasteiger charge is 2.48. The van der Waals surface area contributed by atoms with Crippen molar-refractivity contribution in [2.24, 2.45) is 0 Å². The van der Waals surface area contributed by atoms with E-state index in [1.807, 2.05) is 72.8 Å². The highest BCUT2D eigenvalue weighted by molar-refractivity contribution is 5.97. The Morgan fingerprint density at radius 1 is 1.03 bits per heavy atom. The van der Waals surface area contributed by atoms with Gasteiger partial charge in [0.15, 0.2) is 0 Å². The molecule has 0 bridgehead atoms. The van der Waals surface area contributed by atoms with Gasteiger partial charge >= 0.3 is 0 Å². The zero-order valence-corrected chi connectivity index (χ0v) is 19.9. The van der Waals surface area contributed by atoms with E-state index in [0.29, 0.717) is 12.2 Å². The molecule has 7 heteroatoms. The van der Waals surface area contributed by atoms with Crippen LogP contribution in [0.15, 0.2) is 78.9 Å². The molecule has 2 amide bonds. The highest BCUT2D eigenvalue weighted by atomic mass is 16.5. The van der Waals surface area contributed by atoms with Gasteiger partial charge in [0.1, 0.15) is 11.8 Å². The van der Waals surface area contributed by atoms with Gasteiger partial charge in [-0.15, -0.1) is 0 Å². The number of carbonyl (C=O) groups is 2. The number of methoxy groups -OCH3 is 1. The van der Waals surface area contributed by atoms with Crippen LogP contribution in [0.2, 0.25) is 0 Å². The number of carbonyl (C=O) groups excluding carboxylic acids is 2. The molecule has 0 radical (unpaired) electrons. The first-order valence-corrected chi connectivity index (χ1v) is 12.1. The number of hydrogen-bond acceptors (Lipinski definition) is 4. The monoisotopic (exact) mass is 481 g/mol. The van der Waals surface area contributed by atoms with Gasteiger partial charge in [0.05, 0.1) is 32.3 Å². The summed E-state index contributed by atoms with van der Waals surface area (Å²) in [5.41, 5.74) is 4.56. The van der Waals surface area contributed by atoms with Crippen molar-refractivity contribution in [3.63, 3.8) is 0 Å². The number of aromatic nitrogens is 1. The molecule has 1 fully saturated rings. The lowest BCUT2D eigenvalue weighted by molar-refractivity contribution is -0.159. The number of aromatic amines is 1. The molecule has 36 heavy (non-hydrogen) atoms. The number of benzene rings is 3. The van der Waals surface area contributed by atoms with Gasteiger partial charge < -0.3 is 24.6 Å². The summed E-state index contributed by atoms with van der Waals surface area (Å²) in [4.78, 5) is 34.3. The molecule has 7 nitrogen and oxygen atoms in total. The van der Waals surface area contributed by atoms with Gasteiger partial charge in [-0.05, 0) is 34.9 Å². The SMILES string of the molecule is COc1cccc([C@H]2c3[nH]c4ccccc4c3C[C@H]3C(=O)N(C[C@@H](O)c4ccccc4)CC(=O)N23)c1. The Balaban J connectivity index is 1.42. The number of nitrogens with one attached hydrogen (secondary N) is 1. The standard InChI is InChI=1S/C29H27N3O4/c1-36-20-11-7-10-19(14-20)28-27-22(21-12-5-6-13-23(21)30-27)15-24-29(35)31(17-26(34)32(24)28)16-25(33)18-8-3-2-4-9-18/h2-14,24-25,28,30,33H,15-17H2,1H3/t24-,25+,28-/m0/s1. The summed E-state index contributed by atoms with van der Waals surface area (Å²) in [6.07, 6.45) is -0.446. The molecular weight excluding hydrogens is 454 g/mol. The lowest BCUT2D eigenvalue weighted by Crippen LogP contribution is -2.63. The fraction of sp³-hybridized carbons (Fsp3) is 0.241. The Bertz CT molecular complexity index is 1450. The number of ether oxygens (including phenoxy) is 1. The molecule has 1 saturated heterocycles. The molecule has 0 unspecified atom stereocenters. The predicted molar refractivity (Wildman–Crippen MR) is 135 cm³/mol. The quantitative estimate of drug-likeness (QED) is 0.456. The molecular formula is C29H27N3O4. The van der Waals surface area contributed by atoms with Crippen LogP contribution < -0.4 is 4.74 Å². The van der Waals surface area contributed by atoms with Crippen LogP contribution in [0, 0.1) is 0 Å². The fourth-order valence-corrected chi connectivity index (χ4v) is 5.63. The number of rotatable bonds is 5. The molecule has 2 aliphatic heterocycles. The molecule has 182 valence electrons. The first-order valence-electron chi connectivity index (χ1n) is 12.1. The molecule has 6 rings (SSSR count). The van der Waals surface area contributed by atoms with Gasteiger partial charge in [0.2, 0.25) is 11.8 Å². The van der Waals surface area contributed by atoms with Crippen molar-refractivity contribution in [3.05, 3.63) is 101 Å². The number of aliphatic hydroxyl groups is 1. The number of amides is 2. The number of aliphatic hydroxyl groups excluding tert-OH is 1. The molecule has 1 aromatic heterocycles. The second-order valence-electron chi connectivity index (χ2n) is 9.41. The molecule has 3 atom stereocenters. The van der Waals surface area contributed by atoms with Crippen molar-refractivity contribution in [3.8, 4) is 5.75 Å². The first kappa shape index (κ1) is 22.4. The molecule has 0 aliphatic carbocycles. The van der Waals surface area contributed by atoms with Crippen LogP contribution in [-0.4, -0.2) is 57.9 Å². The van der Waals surface area contributed by atoms with Crippen LogP contribution in [-0.2, 0) is 16.0 Å². The van der Waals surface area contributed by atoms with Crippen molar-refractivity contribution in [2.75, 3.05) is 20.2 Å². The maximum absolute atomic E-state index is 13.8. The number of para-hydroxylation sites is 1. The van der Waals surface area contributed by atoms with Crippen molar-refractivity contribution in [2.45, 2.75) is 24.6 Å². The summed E-state index contributed by atoms with van der Waals surface area (Å²) in [5, 5.41) is 11.8. The maximum Gasteiger partial charge on any atom is 0.246 e. The van der Waals surface area contributed by atoms with Crippen LogP contribution in [0.1, 0.15) is 34.5 Å².